The number of hydrogen-bond acceptors (Lipinski definition) is 2. The van der Waals surface area contributed by atoms with Crippen molar-refractivity contribution in [2.24, 2.45) is 5.92 Å². The average molecular weight is 154 g/mol. The molecule has 1 N–H and O–H groups in total. The van der Waals surface area contributed by atoms with Crippen molar-refractivity contribution < 1.29 is 9.90 Å². The number of hydrogen-bond donors (Lipinski definition) is 1. The van der Waals surface area contributed by atoms with E-state index >= 15 is 0 Å². The van der Waals surface area contributed by atoms with E-state index in [1.165, 1.54) is 6.08 Å². The molecule has 0 aliphatic heterocycles. The number of rotatable bonds is 2. The molecule has 0 aromatic heterocycles. The van der Waals surface area contributed by atoms with Crippen molar-refractivity contribution in [1.29, 1.82) is 0 Å². The predicted octanol–water partition coefficient (Wildman–Crippen LogP) is 1.29. The van der Waals surface area contributed by atoms with Crippen LogP contribution in [0.4, 0.5) is 0 Å². The van der Waals surface area contributed by atoms with Crippen LogP contribution in [0.25, 0.3) is 0 Å². The van der Waals surface area contributed by atoms with Gasteiger partial charge in [0.05, 0.1) is 6.10 Å². The highest BCUT2D eigenvalue weighted by atomic mass is 16.3. The van der Waals surface area contributed by atoms with Gasteiger partial charge in [0.1, 0.15) is 0 Å². The van der Waals surface area contributed by atoms with Gasteiger partial charge in [-0.2, -0.15) is 0 Å². The maximum atomic E-state index is 10.9. The normalized spacial score (nSPS) is 30.9. The van der Waals surface area contributed by atoms with Gasteiger partial charge in [-0.1, -0.05) is 19.4 Å². The first-order chi connectivity index (χ1) is 5.24. The molecule has 0 aromatic carbocycles. The lowest BCUT2D eigenvalue weighted by molar-refractivity contribution is -0.117. The van der Waals surface area contributed by atoms with E-state index in [0.717, 1.165) is 12.8 Å². The van der Waals surface area contributed by atoms with E-state index in [0.29, 0.717) is 6.42 Å². The smallest absolute Gasteiger partial charge is 0.155 e. The van der Waals surface area contributed by atoms with Crippen LogP contribution in [0.3, 0.4) is 0 Å². The number of ketones is 1. The van der Waals surface area contributed by atoms with Gasteiger partial charge in [0.25, 0.3) is 0 Å². The summed E-state index contributed by atoms with van der Waals surface area (Å²) in [6.45, 7) is 2.06. The van der Waals surface area contributed by atoms with Crippen molar-refractivity contribution in [3.8, 4) is 0 Å². The molecule has 1 rings (SSSR count). The van der Waals surface area contributed by atoms with Crippen molar-refractivity contribution in [3.05, 3.63) is 12.2 Å². The van der Waals surface area contributed by atoms with E-state index in [-0.39, 0.29) is 11.7 Å². The summed E-state index contributed by atoms with van der Waals surface area (Å²) in [6, 6.07) is 0. The topological polar surface area (TPSA) is 37.3 Å². The van der Waals surface area contributed by atoms with Crippen molar-refractivity contribution in [2.45, 2.75) is 32.3 Å². The Labute approximate surface area is 66.9 Å². The van der Waals surface area contributed by atoms with Crippen molar-refractivity contribution in [3.63, 3.8) is 0 Å². The van der Waals surface area contributed by atoms with E-state index in [9.17, 15) is 9.90 Å². The number of aliphatic hydroxyl groups excluding tert-OH is 1. The molecule has 0 radical (unpaired) electrons. The molecule has 1 aliphatic carbocycles. The third-order valence-electron chi connectivity index (χ3n) is 2.09. The Morgan fingerprint density at radius 1 is 1.73 bits per heavy atom. The molecule has 2 atom stereocenters. The molecular formula is C9H14O2. The maximum Gasteiger partial charge on any atom is 0.155 e. The molecule has 11 heavy (non-hydrogen) atoms. The molecule has 0 bridgehead atoms. The molecule has 1 aliphatic rings. The molecule has 0 spiro atoms. The number of allylic oxidation sites excluding steroid dienone is 1. The van der Waals surface area contributed by atoms with Crippen molar-refractivity contribution >= 4 is 5.78 Å². The summed E-state index contributed by atoms with van der Waals surface area (Å²) in [5.41, 5.74) is 0. The van der Waals surface area contributed by atoms with Gasteiger partial charge < -0.3 is 5.11 Å². The SMILES string of the molecule is CCCC1CC(=O)C=CC1O. The standard InChI is InChI=1S/C9H14O2/c1-2-3-7-6-8(10)4-5-9(7)11/h4-5,7,9,11H,2-3,6H2,1H3. The zero-order valence-corrected chi connectivity index (χ0v) is 6.79. The zero-order chi connectivity index (χ0) is 8.27. The van der Waals surface area contributed by atoms with E-state index in [1.807, 2.05) is 0 Å². The number of carbonyl (C=O) groups is 1. The van der Waals surface area contributed by atoms with Gasteiger partial charge >= 0.3 is 0 Å². The fourth-order valence-corrected chi connectivity index (χ4v) is 1.45. The van der Waals surface area contributed by atoms with Gasteiger partial charge in [0.2, 0.25) is 0 Å². The van der Waals surface area contributed by atoms with Crippen molar-refractivity contribution in [1.82, 2.24) is 0 Å². The first-order valence-corrected chi connectivity index (χ1v) is 4.13. The lowest BCUT2D eigenvalue weighted by Crippen LogP contribution is -2.24. The molecule has 0 fully saturated rings. The van der Waals surface area contributed by atoms with Crippen LogP contribution in [0.1, 0.15) is 26.2 Å². The van der Waals surface area contributed by atoms with E-state index in [1.54, 1.807) is 6.08 Å². The monoisotopic (exact) mass is 154 g/mol. The molecule has 0 aromatic rings. The van der Waals surface area contributed by atoms with E-state index in [2.05, 4.69) is 6.92 Å². The first-order valence-electron chi connectivity index (χ1n) is 4.13. The summed E-state index contributed by atoms with van der Waals surface area (Å²) in [6.07, 6.45) is 5.18. The summed E-state index contributed by atoms with van der Waals surface area (Å²) < 4.78 is 0. The molecule has 0 heterocycles. The molecule has 0 saturated carbocycles. The van der Waals surface area contributed by atoms with Crippen LogP contribution < -0.4 is 0 Å². The number of carbonyl (C=O) groups excluding carboxylic acids is 1. The lowest BCUT2D eigenvalue weighted by atomic mass is 9.87. The highest BCUT2D eigenvalue weighted by Gasteiger charge is 2.22. The predicted molar refractivity (Wildman–Crippen MR) is 43.2 cm³/mol. The molecule has 62 valence electrons. The quantitative estimate of drug-likeness (QED) is 0.650. The summed E-state index contributed by atoms with van der Waals surface area (Å²) >= 11 is 0. The second kappa shape index (κ2) is 3.67. The van der Waals surface area contributed by atoms with E-state index in [4.69, 9.17) is 0 Å². The molecule has 2 heteroatoms. The third-order valence-corrected chi connectivity index (χ3v) is 2.09. The molecule has 0 saturated heterocycles. The Balaban J connectivity index is 2.53. The Morgan fingerprint density at radius 3 is 3.09 bits per heavy atom. The molecule has 2 unspecified atom stereocenters. The summed E-state index contributed by atoms with van der Waals surface area (Å²) in [5, 5.41) is 9.38. The second-order valence-electron chi connectivity index (χ2n) is 3.07. The number of aliphatic hydroxyl groups is 1. The van der Waals surface area contributed by atoms with Gasteiger partial charge in [0, 0.05) is 6.42 Å². The summed E-state index contributed by atoms with van der Waals surface area (Å²) in [7, 11) is 0. The molecule has 0 amide bonds. The maximum absolute atomic E-state index is 10.9. The first kappa shape index (κ1) is 8.47. The van der Waals surface area contributed by atoms with Crippen molar-refractivity contribution in [2.75, 3.05) is 0 Å². The van der Waals surface area contributed by atoms with Crippen LogP contribution in [0, 0.1) is 5.92 Å². The minimum absolute atomic E-state index is 0.147. The Bertz CT molecular complexity index is 172. The van der Waals surface area contributed by atoms with Gasteiger partial charge in [0.15, 0.2) is 5.78 Å². The van der Waals surface area contributed by atoms with Crippen LogP contribution in [-0.2, 0) is 4.79 Å². The van der Waals surface area contributed by atoms with Crippen LogP contribution in [0.15, 0.2) is 12.2 Å². The van der Waals surface area contributed by atoms with Gasteiger partial charge in [-0.15, -0.1) is 0 Å². The van der Waals surface area contributed by atoms with Crippen LogP contribution in [0.2, 0.25) is 0 Å². The van der Waals surface area contributed by atoms with Gasteiger partial charge in [-0.3, -0.25) is 4.79 Å². The average Bonchev–Trinajstić information content (AvgIpc) is 1.98. The van der Waals surface area contributed by atoms with E-state index < -0.39 is 6.10 Å². The Morgan fingerprint density at radius 2 is 2.45 bits per heavy atom. The fourth-order valence-electron chi connectivity index (χ4n) is 1.45. The molecule has 2 nitrogen and oxygen atoms in total. The van der Waals surface area contributed by atoms with Gasteiger partial charge in [-0.25, -0.2) is 0 Å². The third kappa shape index (κ3) is 2.15. The largest absolute Gasteiger partial charge is 0.389 e. The minimum atomic E-state index is -0.396. The highest BCUT2D eigenvalue weighted by molar-refractivity contribution is 5.90. The van der Waals surface area contributed by atoms with Gasteiger partial charge in [-0.05, 0) is 18.4 Å². The van der Waals surface area contributed by atoms with Crippen LogP contribution in [0.5, 0.6) is 0 Å². The zero-order valence-electron chi connectivity index (χ0n) is 6.79. The minimum Gasteiger partial charge on any atom is -0.389 e. The molecular weight excluding hydrogens is 140 g/mol. The summed E-state index contributed by atoms with van der Waals surface area (Å²) in [5.74, 6) is 0.311. The Hall–Kier alpha value is -0.630. The Kier molecular flexibility index (Phi) is 2.83. The summed E-state index contributed by atoms with van der Waals surface area (Å²) in [4.78, 5) is 10.9. The fraction of sp³-hybridized carbons (Fsp3) is 0.667. The van der Waals surface area contributed by atoms with Crippen LogP contribution in [-0.4, -0.2) is 17.0 Å². The lowest BCUT2D eigenvalue weighted by Gasteiger charge is -2.21. The highest BCUT2D eigenvalue weighted by Crippen LogP contribution is 2.21. The van der Waals surface area contributed by atoms with Crippen LogP contribution >= 0.6 is 0 Å². The second-order valence-corrected chi connectivity index (χ2v) is 3.07.